The Morgan fingerprint density at radius 2 is 1.46 bits per heavy atom. The van der Waals surface area contributed by atoms with Gasteiger partial charge in [0.05, 0.1) is 12.2 Å². The monoisotopic (exact) mass is 520 g/mol. The summed E-state index contributed by atoms with van der Waals surface area (Å²) in [4.78, 5) is 3.90. The Morgan fingerprint density at radius 1 is 0.857 bits per heavy atom. The minimum Gasteiger partial charge on any atom is -0.457 e. The number of sulfonamides is 1. The normalized spacial score (nSPS) is 11.7. The molecule has 0 aliphatic rings. The highest BCUT2D eigenvalue weighted by Gasteiger charge is 2.38. The number of hydrogen-bond acceptors (Lipinski definition) is 6. The van der Waals surface area contributed by atoms with Crippen molar-refractivity contribution >= 4 is 27.0 Å². The van der Waals surface area contributed by atoms with Gasteiger partial charge in [-0.2, -0.15) is 13.2 Å². The van der Waals surface area contributed by atoms with Crippen molar-refractivity contribution < 1.29 is 31.1 Å². The lowest BCUT2D eigenvalue weighted by Gasteiger charge is -2.25. The lowest BCUT2D eigenvalue weighted by atomic mass is 10.2. The van der Waals surface area contributed by atoms with Crippen molar-refractivity contribution in [3.63, 3.8) is 0 Å². The number of aromatic nitrogens is 1. The fourth-order valence-electron chi connectivity index (χ4n) is 3.13. The summed E-state index contributed by atoms with van der Waals surface area (Å²) in [7, 11) is -4.70. The molecule has 11 heteroatoms. The molecule has 182 valence electrons. The average Bonchev–Trinajstić information content (AvgIpc) is 3.32. The van der Waals surface area contributed by atoms with Crippen LogP contribution < -0.4 is 13.8 Å². The van der Waals surface area contributed by atoms with Crippen LogP contribution in [0.3, 0.4) is 0 Å². The average molecular weight is 521 g/mol. The van der Waals surface area contributed by atoms with Crippen LogP contribution in [-0.4, -0.2) is 25.3 Å². The smallest absolute Gasteiger partial charge is 0.404 e. The zero-order chi connectivity index (χ0) is 24.9. The van der Waals surface area contributed by atoms with E-state index in [9.17, 15) is 21.6 Å². The topological polar surface area (TPSA) is 68.7 Å². The fraction of sp³-hybridized carbons (Fsp3) is 0.125. The van der Waals surface area contributed by atoms with E-state index < -0.39 is 22.0 Å². The van der Waals surface area contributed by atoms with Crippen LogP contribution in [0.15, 0.2) is 89.9 Å². The first-order valence-corrected chi connectivity index (χ1v) is 12.8. The van der Waals surface area contributed by atoms with Crippen molar-refractivity contribution in [1.29, 1.82) is 0 Å². The van der Waals surface area contributed by atoms with Crippen LogP contribution in [0.25, 0.3) is 0 Å². The van der Waals surface area contributed by atoms with E-state index in [0.717, 1.165) is 10.1 Å². The molecule has 0 saturated heterocycles. The summed E-state index contributed by atoms with van der Waals surface area (Å²) in [5, 5.41) is 3.78. The number of halogens is 3. The SMILES string of the molecule is O=S(=O)(CC(F)(F)F)N(Cc1cccnc1)c1ccc(Oc2ccc(Oc3ccsc3)cc2)cc1. The Morgan fingerprint density at radius 3 is 1.97 bits per heavy atom. The maximum atomic E-state index is 13.0. The number of rotatable bonds is 9. The van der Waals surface area contributed by atoms with Crippen LogP contribution in [0.1, 0.15) is 5.56 Å². The van der Waals surface area contributed by atoms with Gasteiger partial charge in [-0.15, -0.1) is 11.3 Å². The number of benzene rings is 2. The standard InChI is InChI=1S/C24H19F3N2O4S2/c25-24(26,27)17-35(30,31)29(15-18-2-1-12-28-14-18)19-3-5-20(6-4-19)32-21-7-9-22(10-8-21)33-23-11-13-34-16-23/h1-14,16H,15,17H2. The molecular formula is C24H19F3N2O4S2. The lowest BCUT2D eigenvalue weighted by Crippen LogP contribution is -2.37. The highest BCUT2D eigenvalue weighted by atomic mass is 32.2. The first kappa shape index (κ1) is 24.6. The summed E-state index contributed by atoms with van der Waals surface area (Å²) < 4.78 is 76.3. The summed E-state index contributed by atoms with van der Waals surface area (Å²) in [6, 6.07) is 17.7. The van der Waals surface area contributed by atoms with Gasteiger partial charge in [-0.25, -0.2) is 8.42 Å². The van der Waals surface area contributed by atoms with Crippen molar-refractivity contribution in [3.05, 3.63) is 95.4 Å². The maximum absolute atomic E-state index is 13.0. The molecule has 2 heterocycles. The van der Waals surface area contributed by atoms with Gasteiger partial charge in [0.25, 0.3) is 0 Å². The van der Waals surface area contributed by atoms with Gasteiger partial charge in [-0.1, -0.05) is 6.07 Å². The zero-order valence-electron chi connectivity index (χ0n) is 18.1. The molecule has 0 radical (unpaired) electrons. The predicted octanol–water partition coefficient (Wildman–Crippen LogP) is 6.63. The van der Waals surface area contributed by atoms with Gasteiger partial charge in [-0.3, -0.25) is 9.29 Å². The Balaban J connectivity index is 1.50. The summed E-state index contributed by atoms with van der Waals surface area (Å²) in [5.41, 5.74) is 0.522. The first-order valence-electron chi connectivity index (χ1n) is 10.2. The van der Waals surface area contributed by atoms with Crippen LogP contribution in [-0.2, 0) is 16.6 Å². The largest absolute Gasteiger partial charge is 0.457 e. The molecule has 2 aromatic heterocycles. The quantitative estimate of drug-likeness (QED) is 0.248. The van der Waals surface area contributed by atoms with Gasteiger partial charge in [0.15, 0.2) is 5.75 Å². The molecule has 6 nitrogen and oxygen atoms in total. The molecule has 35 heavy (non-hydrogen) atoms. The van der Waals surface area contributed by atoms with E-state index in [1.165, 1.54) is 48.0 Å². The molecule has 0 bridgehead atoms. The van der Waals surface area contributed by atoms with E-state index in [1.54, 1.807) is 36.4 Å². The van der Waals surface area contributed by atoms with Gasteiger partial charge in [0.2, 0.25) is 10.0 Å². The number of ether oxygens (including phenoxy) is 2. The zero-order valence-corrected chi connectivity index (χ0v) is 19.7. The minimum absolute atomic E-state index is 0.0740. The Hall–Kier alpha value is -3.57. The van der Waals surface area contributed by atoms with Crippen LogP contribution in [0.5, 0.6) is 23.0 Å². The molecule has 4 aromatic rings. The van der Waals surface area contributed by atoms with E-state index in [2.05, 4.69) is 4.98 Å². The highest BCUT2D eigenvalue weighted by Crippen LogP contribution is 2.31. The predicted molar refractivity (Wildman–Crippen MR) is 128 cm³/mol. The third-order valence-electron chi connectivity index (χ3n) is 4.65. The number of hydrogen-bond donors (Lipinski definition) is 0. The maximum Gasteiger partial charge on any atom is 0.404 e. The third-order valence-corrected chi connectivity index (χ3v) is 7.01. The second kappa shape index (κ2) is 10.4. The molecular weight excluding hydrogens is 501 g/mol. The van der Waals surface area contributed by atoms with Crippen molar-refractivity contribution in [1.82, 2.24) is 4.98 Å². The summed E-state index contributed by atoms with van der Waals surface area (Å²) in [6.07, 6.45) is -1.99. The molecule has 0 saturated carbocycles. The van der Waals surface area contributed by atoms with E-state index in [0.29, 0.717) is 22.8 Å². The van der Waals surface area contributed by atoms with Crippen molar-refractivity contribution in [3.8, 4) is 23.0 Å². The highest BCUT2D eigenvalue weighted by molar-refractivity contribution is 7.92. The van der Waals surface area contributed by atoms with Gasteiger partial charge < -0.3 is 9.47 Å². The van der Waals surface area contributed by atoms with Gasteiger partial charge in [0, 0.05) is 17.8 Å². The Bertz CT molecular complexity index is 1330. The third kappa shape index (κ3) is 6.96. The number of anilines is 1. The molecule has 0 fully saturated rings. The Kier molecular flexibility index (Phi) is 7.27. The molecule has 4 rings (SSSR count). The second-order valence-corrected chi connectivity index (χ2v) is 10.0. The van der Waals surface area contributed by atoms with Crippen molar-refractivity contribution in [2.45, 2.75) is 12.7 Å². The summed E-state index contributed by atoms with van der Waals surface area (Å²) in [5.74, 6) is 0.280. The number of pyridine rings is 1. The van der Waals surface area contributed by atoms with Crippen LogP contribution in [0.2, 0.25) is 0 Å². The van der Waals surface area contributed by atoms with E-state index in [-0.39, 0.29) is 12.2 Å². The summed E-state index contributed by atoms with van der Waals surface area (Å²) >= 11 is 1.52. The molecule has 0 amide bonds. The molecule has 0 aliphatic carbocycles. The Labute approximate surface area is 204 Å². The van der Waals surface area contributed by atoms with Crippen molar-refractivity contribution in [2.24, 2.45) is 0 Å². The number of alkyl halides is 3. The number of nitrogens with zero attached hydrogens (tertiary/aromatic N) is 2. The van der Waals surface area contributed by atoms with Gasteiger partial charge >= 0.3 is 6.18 Å². The molecule has 0 aliphatic heterocycles. The van der Waals surface area contributed by atoms with Crippen LogP contribution in [0, 0.1) is 0 Å². The van der Waals surface area contributed by atoms with Crippen LogP contribution >= 0.6 is 11.3 Å². The minimum atomic E-state index is -4.88. The second-order valence-electron chi connectivity index (χ2n) is 7.37. The van der Waals surface area contributed by atoms with Gasteiger partial charge in [0.1, 0.15) is 23.0 Å². The van der Waals surface area contributed by atoms with Crippen molar-refractivity contribution in [2.75, 3.05) is 10.1 Å². The lowest BCUT2D eigenvalue weighted by molar-refractivity contribution is -0.106. The number of thiophene rings is 1. The van der Waals surface area contributed by atoms with E-state index in [1.807, 2.05) is 16.8 Å². The van der Waals surface area contributed by atoms with E-state index >= 15 is 0 Å². The molecule has 0 spiro atoms. The van der Waals surface area contributed by atoms with Crippen LogP contribution in [0.4, 0.5) is 18.9 Å². The van der Waals surface area contributed by atoms with Gasteiger partial charge in [-0.05, 0) is 71.6 Å². The summed E-state index contributed by atoms with van der Waals surface area (Å²) in [6.45, 7) is -0.294. The molecule has 0 unspecified atom stereocenters. The molecule has 0 atom stereocenters. The fourth-order valence-corrected chi connectivity index (χ4v) is 5.04. The molecule has 0 N–H and O–H groups in total. The first-order chi connectivity index (χ1) is 16.7. The molecule has 2 aromatic carbocycles. The van der Waals surface area contributed by atoms with E-state index in [4.69, 9.17) is 9.47 Å².